The third-order valence-electron chi connectivity index (χ3n) is 5.88. The molecule has 35 heavy (non-hydrogen) atoms. The molecule has 4 aromatic rings. The number of ether oxygens (including phenoxy) is 2. The number of nitrogens with one attached hydrogen (secondary N) is 1. The van der Waals surface area contributed by atoms with Crippen LogP contribution < -0.4 is 14.8 Å². The lowest BCUT2D eigenvalue weighted by Crippen LogP contribution is -2.21. The molecular weight excluding hydrogens is 468 g/mol. The lowest BCUT2D eigenvalue weighted by atomic mass is 10.1. The van der Waals surface area contributed by atoms with Gasteiger partial charge >= 0.3 is 0 Å². The Bertz CT molecular complexity index is 1390. The van der Waals surface area contributed by atoms with Gasteiger partial charge in [-0.15, -0.1) is 0 Å². The monoisotopic (exact) mass is 492 g/mol. The summed E-state index contributed by atoms with van der Waals surface area (Å²) in [4.78, 5) is 23.5. The zero-order valence-corrected chi connectivity index (χ0v) is 20.3. The van der Waals surface area contributed by atoms with Crippen LogP contribution in [0.25, 0.3) is 11.1 Å². The number of nitrogens with zero attached hydrogens (tertiary/aromatic N) is 3. The standard InChI is InChI=1S/C26H25ClN4O4/c1-16-18(9-11-31(2)15-17-5-6-20-22(14-17)34-13-12-33-20)24-21(35-16)7-8-23(29-24)30-26(32)19-4-3-10-28-25(19)27/h3-8,10,14H,9,11-13,15H2,1-2H3,(H,29,30,32). The predicted octanol–water partition coefficient (Wildman–Crippen LogP) is 4.88. The van der Waals surface area contributed by atoms with Crippen LogP contribution in [-0.4, -0.2) is 47.6 Å². The molecule has 0 aliphatic carbocycles. The molecule has 1 aliphatic rings. The zero-order valence-electron chi connectivity index (χ0n) is 19.5. The Morgan fingerprint density at radius 2 is 1.97 bits per heavy atom. The molecule has 1 aliphatic heterocycles. The highest BCUT2D eigenvalue weighted by Crippen LogP contribution is 2.31. The van der Waals surface area contributed by atoms with E-state index in [4.69, 9.17) is 25.5 Å². The number of carbonyl (C=O) groups excluding carboxylic acids is 1. The average Bonchev–Trinajstić information content (AvgIpc) is 3.17. The fourth-order valence-electron chi connectivity index (χ4n) is 4.12. The number of carbonyl (C=O) groups is 1. The number of pyridine rings is 2. The largest absolute Gasteiger partial charge is 0.486 e. The molecule has 3 aromatic heterocycles. The molecule has 9 heteroatoms. The van der Waals surface area contributed by atoms with Gasteiger partial charge in [0.2, 0.25) is 0 Å². The number of aryl methyl sites for hydroxylation is 1. The van der Waals surface area contributed by atoms with Crippen LogP contribution >= 0.6 is 11.6 Å². The molecule has 5 rings (SSSR count). The molecule has 0 fully saturated rings. The number of amides is 1. The van der Waals surface area contributed by atoms with Crippen LogP contribution in [0.15, 0.2) is 53.1 Å². The van der Waals surface area contributed by atoms with E-state index in [9.17, 15) is 4.79 Å². The number of fused-ring (bicyclic) bond motifs is 2. The molecule has 0 bridgehead atoms. The van der Waals surface area contributed by atoms with E-state index < -0.39 is 0 Å². The third-order valence-corrected chi connectivity index (χ3v) is 6.18. The molecule has 1 amide bonds. The molecule has 0 unspecified atom stereocenters. The van der Waals surface area contributed by atoms with Gasteiger partial charge in [0.1, 0.15) is 35.5 Å². The maximum Gasteiger partial charge on any atom is 0.259 e. The van der Waals surface area contributed by atoms with Crippen molar-refractivity contribution in [3.05, 3.63) is 76.3 Å². The summed E-state index contributed by atoms with van der Waals surface area (Å²) < 4.78 is 17.2. The number of anilines is 1. The van der Waals surface area contributed by atoms with Crippen molar-refractivity contribution in [3.8, 4) is 11.5 Å². The summed E-state index contributed by atoms with van der Waals surface area (Å²) in [6.07, 6.45) is 2.29. The second-order valence-electron chi connectivity index (χ2n) is 8.44. The maximum atomic E-state index is 12.6. The second-order valence-corrected chi connectivity index (χ2v) is 8.80. The number of halogens is 1. The first-order chi connectivity index (χ1) is 17.0. The van der Waals surface area contributed by atoms with Gasteiger partial charge in [-0.05, 0) is 62.4 Å². The molecule has 8 nitrogen and oxygen atoms in total. The molecule has 180 valence electrons. The van der Waals surface area contributed by atoms with Gasteiger partial charge in [-0.2, -0.15) is 0 Å². The van der Waals surface area contributed by atoms with Gasteiger partial charge in [0.25, 0.3) is 5.91 Å². The van der Waals surface area contributed by atoms with Crippen molar-refractivity contribution in [2.24, 2.45) is 0 Å². The van der Waals surface area contributed by atoms with E-state index >= 15 is 0 Å². The van der Waals surface area contributed by atoms with Gasteiger partial charge in [-0.1, -0.05) is 17.7 Å². The summed E-state index contributed by atoms with van der Waals surface area (Å²) >= 11 is 6.05. The van der Waals surface area contributed by atoms with E-state index in [-0.39, 0.29) is 11.1 Å². The highest BCUT2D eigenvalue weighted by molar-refractivity contribution is 6.33. The van der Waals surface area contributed by atoms with Gasteiger partial charge < -0.3 is 24.1 Å². The van der Waals surface area contributed by atoms with Gasteiger partial charge in [0.05, 0.1) is 5.56 Å². The van der Waals surface area contributed by atoms with E-state index in [2.05, 4.69) is 33.3 Å². The predicted molar refractivity (Wildman–Crippen MR) is 133 cm³/mol. The Labute approximate surface area is 207 Å². The molecule has 1 N–H and O–H groups in total. The van der Waals surface area contributed by atoms with E-state index in [0.29, 0.717) is 30.2 Å². The van der Waals surface area contributed by atoms with E-state index in [1.807, 2.05) is 25.1 Å². The number of hydrogen-bond acceptors (Lipinski definition) is 7. The van der Waals surface area contributed by atoms with Crippen molar-refractivity contribution in [1.29, 1.82) is 0 Å². The fraction of sp³-hybridized carbons (Fsp3) is 0.269. The normalized spacial score (nSPS) is 12.8. The first-order valence-electron chi connectivity index (χ1n) is 11.4. The Morgan fingerprint density at radius 1 is 1.14 bits per heavy atom. The van der Waals surface area contributed by atoms with E-state index in [0.717, 1.165) is 53.4 Å². The van der Waals surface area contributed by atoms with Crippen LogP contribution in [0.4, 0.5) is 5.82 Å². The first-order valence-corrected chi connectivity index (χ1v) is 11.7. The van der Waals surface area contributed by atoms with Gasteiger partial charge in [0.15, 0.2) is 17.1 Å². The van der Waals surface area contributed by atoms with Crippen LogP contribution in [0.1, 0.15) is 27.2 Å². The smallest absolute Gasteiger partial charge is 0.259 e. The number of likely N-dealkylation sites (N-methyl/N-ethyl adjacent to an activating group) is 1. The van der Waals surface area contributed by atoms with Crippen LogP contribution in [-0.2, 0) is 13.0 Å². The second kappa shape index (κ2) is 9.93. The Balaban J connectivity index is 1.28. The van der Waals surface area contributed by atoms with Gasteiger partial charge in [0, 0.05) is 24.8 Å². The van der Waals surface area contributed by atoms with Crippen molar-refractivity contribution >= 4 is 34.4 Å². The first kappa shape index (κ1) is 23.1. The van der Waals surface area contributed by atoms with E-state index in [1.165, 1.54) is 6.20 Å². The molecule has 0 spiro atoms. The van der Waals surface area contributed by atoms with Crippen molar-refractivity contribution < 1.29 is 18.7 Å². The topological polar surface area (TPSA) is 89.7 Å². The van der Waals surface area contributed by atoms with Crippen LogP contribution in [0.2, 0.25) is 5.15 Å². The summed E-state index contributed by atoms with van der Waals surface area (Å²) in [5.74, 6) is 2.47. The summed E-state index contributed by atoms with van der Waals surface area (Å²) in [6.45, 7) is 4.66. The molecule has 0 atom stereocenters. The number of hydrogen-bond donors (Lipinski definition) is 1. The summed E-state index contributed by atoms with van der Waals surface area (Å²) in [7, 11) is 2.07. The quantitative estimate of drug-likeness (QED) is 0.367. The van der Waals surface area contributed by atoms with E-state index in [1.54, 1.807) is 18.2 Å². The molecule has 4 heterocycles. The SMILES string of the molecule is Cc1oc2ccc(NC(=O)c3cccnc3Cl)nc2c1CCN(C)Cc1ccc2c(c1)OCCO2. The Morgan fingerprint density at radius 3 is 2.80 bits per heavy atom. The minimum absolute atomic E-state index is 0.145. The lowest BCUT2D eigenvalue weighted by Gasteiger charge is -2.21. The molecule has 0 radical (unpaired) electrons. The summed E-state index contributed by atoms with van der Waals surface area (Å²) in [5, 5.41) is 2.95. The average molecular weight is 493 g/mol. The maximum absolute atomic E-state index is 12.6. The highest BCUT2D eigenvalue weighted by Gasteiger charge is 2.17. The molecule has 0 saturated heterocycles. The minimum Gasteiger partial charge on any atom is -0.486 e. The van der Waals surface area contributed by atoms with Crippen LogP contribution in [0.3, 0.4) is 0 Å². The highest BCUT2D eigenvalue weighted by atomic mass is 35.5. The van der Waals surface area contributed by atoms with Crippen molar-refractivity contribution in [2.75, 3.05) is 32.1 Å². The lowest BCUT2D eigenvalue weighted by molar-refractivity contribution is 0.102. The molecular formula is C26H25ClN4O4. The van der Waals surface area contributed by atoms with Crippen molar-refractivity contribution in [2.45, 2.75) is 19.9 Å². The zero-order chi connectivity index (χ0) is 24.4. The minimum atomic E-state index is -0.365. The molecule has 0 saturated carbocycles. The van der Waals surface area contributed by atoms with Crippen molar-refractivity contribution in [3.63, 3.8) is 0 Å². The van der Waals surface area contributed by atoms with Crippen molar-refractivity contribution in [1.82, 2.24) is 14.9 Å². The number of furan rings is 1. The number of rotatable bonds is 7. The van der Waals surface area contributed by atoms with Crippen LogP contribution in [0.5, 0.6) is 11.5 Å². The van der Waals surface area contributed by atoms with Gasteiger partial charge in [-0.25, -0.2) is 9.97 Å². The third kappa shape index (κ3) is 5.08. The van der Waals surface area contributed by atoms with Gasteiger partial charge in [-0.3, -0.25) is 4.79 Å². The summed E-state index contributed by atoms with van der Waals surface area (Å²) in [5.41, 5.74) is 3.89. The number of benzene rings is 1. The van der Waals surface area contributed by atoms with Crippen LogP contribution in [0, 0.1) is 6.92 Å². The summed E-state index contributed by atoms with van der Waals surface area (Å²) in [6, 6.07) is 12.9. The Hall–Kier alpha value is -3.62. The Kier molecular flexibility index (Phi) is 6.57. The fourth-order valence-corrected chi connectivity index (χ4v) is 4.33. The number of aromatic nitrogens is 2. The molecule has 1 aromatic carbocycles.